The van der Waals surface area contributed by atoms with Gasteiger partial charge in [-0.25, -0.2) is 4.39 Å². The zero-order valence-electron chi connectivity index (χ0n) is 8.51. The Morgan fingerprint density at radius 2 is 2.00 bits per heavy atom. The molecule has 2 nitrogen and oxygen atoms in total. The summed E-state index contributed by atoms with van der Waals surface area (Å²) >= 11 is 0. The van der Waals surface area contributed by atoms with Crippen LogP contribution in [0.3, 0.4) is 0 Å². The molecule has 0 aliphatic rings. The normalized spacial score (nSPS) is 13.6. The third-order valence-corrected chi connectivity index (χ3v) is 1.86. The fraction of sp³-hybridized carbons (Fsp3) is 0.400. The molecule has 0 aliphatic carbocycles. The van der Waals surface area contributed by atoms with E-state index in [-0.39, 0.29) is 11.3 Å². The van der Waals surface area contributed by atoms with E-state index in [9.17, 15) is 17.6 Å². The van der Waals surface area contributed by atoms with Gasteiger partial charge in [-0.1, -0.05) is 0 Å². The van der Waals surface area contributed by atoms with Crippen LogP contribution in [0.5, 0.6) is 5.75 Å². The van der Waals surface area contributed by atoms with Crippen molar-refractivity contribution in [3.63, 3.8) is 0 Å². The van der Waals surface area contributed by atoms with E-state index < -0.39 is 24.6 Å². The first-order valence-electron chi connectivity index (χ1n) is 4.54. The van der Waals surface area contributed by atoms with E-state index in [4.69, 9.17) is 5.73 Å². The lowest BCUT2D eigenvalue weighted by Gasteiger charge is -2.12. The zero-order chi connectivity index (χ0) is 12.3. The first-order valence-corrected chi connectivity index (χ1v) is 4.54. The van der Waals surface area contributed by atoms with Crippen LogP contribution in [0.1, 0.15) is 18.5 Å². The van der Waals surface area contributed by atoms with Crippen LogP contribution in [-0.4, -0.2) is 12.8 Å². The topological polar surface area (TPSA) is 35.2 Å². The second-order valence-corrected chi connectivity index (χ2v) is 3.38. The summed E-state index contributed by atoms with van der Waals surface area (Å²) in [5.74, 6) is -0.611. The van der Waals surface area contributed by atoms with Gasteiger partial charge in [0.15, 0.2) is 6.61 Å². The monoisotopic (exact) mass is 237 g/mol. The zero-order valence-corrected chi connectivity index (χ0v) is 8.51. The van der Waals surface area contributed by atoms with Gasteiger partial charge in [0.05, 0.1) is 0 Å². The third-order valence-electron chi connectivity index (χ3n) is 1.86. The van der Waals surface area contributed by atoms with Crippen LogP contribution in [0.15, 0.2) is 18.2 Å². The fourth-order valence-corrected chi connectivity index (χ4v) is 1.13. The second kappa shape index (κ2) is 4.69. The Kier molecular flexibility index (Phi) is 3.74. The summed E-state index contributed by atoms with van der Waals surface area (Å²) < 4.78 is 53.2. The molecule has 0 bridgehead atoms. The Labute approximate surface area is 90.0 Å². The van der Waals surface area contributed by atoms with E-state index >= 15 is 0 Å². The molecule has 0 saturated carbocycles. The molecule has 0 aromatic heterocycles. The summed E-state index contributed by atoms with van der Waals surface area (Å²) in [5, 5.41) is 0. The average molecular weight is 237 g/mol. The Hall–Kier alpha value is -1.30. The highest BCUT2D eigenvalue weighted by Gasteiger charge is 2.28. The average Bonchev–Trinajstić information content (AvgIpc) is 2.14. The lowest BCUT2D eigenvalue weighted by Crippen LogP contribution is -2.19. The lowest BCUT2D eigenvalue weighted by molar-refractivity contribution is -0.153. The quantitative estimate of drug-likeness (QED) is 0.820. The number of benzene rings is 1. The molecular formula is C10H11F4NO. The van der Waals surface area contributed by atoms with E-state index in [0.717, 1.165) is 12.1 Å². The van der Waals surface area contributed by atoms with Crippen molar-refractivity contribution in [3.05, 3.63) is 29.6 Å². The first kappa shape index (κ1) is 12.8. The molecule has 0 fully saturated rings. The molecule has 1 unspecified atom stereocenters. The maximum atomic E-state index is 13.1. The van der Waals surface area contributed by atoms with Gasteiger partial charge in [0.1, 0.15) is 11.6 Å². The van der Waals surface area contributed by atoms with Gasteiger partial charge in [0.2, 0.25) is 0 Å². The highest BCUT2D eigenvalue weighted by atomic mass is 19.4. The minimum Gasteiger partial charge on any atom is -0.484 e. The van der Waals surface area contributed by atoms with Crippen LogP contribution < -0.4 is 10.5 Å². The van der Waals surface area contributed by atoms with Crippen LogP contribution in [0.25, 0.3) is 0 Å². The van der Waals surface area contributed by atoms with E-state index in [1.807, 2.05) is 0 Å². The van der Waals surface area contributed by atoms with Crippen molar-refractivity contribution in [1.29, 1.82) is 0 Å². The number of ether oxygens (including phenoxy) is 1. The van der Waals surface area contributed by atoms with E-state index in [1.165, 1.54) is 13.0 Å². The van der Waals surface area contributed by atoms with Crippen molar-refractivity contribution in [2.45, 2.75) is 19.1 Å². The minimum atomic E-state index is -4.41. The molecule has 6 heteroatoms. The van der Waals surface area contributed by atoms with Crippen LogP contribution in [0, 0.1) is 5.82 Å². The van der Waals surface area contributed by atoms with Crippen molar-refractivity contribution < 1.29 is 22.3 Å². The summed E-state index contributed by atoms with van der Waals surface area (Å²) in [6.45, 7) is 0.128. The summed E-state index contributed by atoms with van der Waals surface area (Å²) in [5.41, 5.74) is 5.57. The molecule has 1 rings (SSSR count). The molecule has 0 saturated heterocycles. The van der Waals surface area contributed by atoms with E-state index in [1.54, 1.807) is 0 Å². The number of hydrogen-bond acceptors (Lipinski definition) is 2. The molecule has 0 amide bonds. The van der Waals surface area contributed by atoms with E-state index in [2.05, 4.69) is 4.74 Å². The molecule has 90 valence electrons. The van der Waals surface area contributed by atoms with Crippen molar-refractivity contribution in [1.82, 2.24) is 0 Å². The van der Waals surface area contributed by atoms with Gasteiger partial charge in [-0.05, 0) is 25.1 Å². The number of alkyl halides is 3. The molecule has 0 spiro atoms. The maximum Gasteiger partial charge on any atom is 0.422 e. The predicted octanol–water partition coefficient (Wildman–Crippen LogP) is 2.79. The molecule has 2 N–H and O–H groups in total. The molecule has 0 radical (unpaired) electrons. The predicted molar refractivity (Wildman–Crippen MR) is 50.6 cm³/mol. The maximum absolute atomic E-state index is 13.1. The van der Waals surface area contributed by atoms with Crippen LogP contribution >= 0.6 is 0 Å². The van der Waals surface area contributed by atoms with Gasteiger partial charge in [0, 0.05) is 11.6 Å². The largest absolute Gasteiger partial charge is 0.484 e. The standard InChI is InChI=1S/C10H11F4NO/c1-6(15)8-4-7(2-3-9(8)11)16-5-10(12,13)14/h2-4,6H,5,15H2,1H3. The van der Waals surface area contributed by atoms with Gasteiger partial charge < -0.3 is 10.5 Å². The smallest absolute Gasteiger partial charge is 0.422 e. The number of halogens is 4. The number of rotatable bonds is 3. The lowest BCUT2D eigenvalue weighted by atomic mass is 10.1. The SMILES string of the molecule is CC(N)c1cc(OCC(F)(F)F)ccc1F. The van der Waals surface area contributed by atoms with Crippen molar-refractivity contribution in [2.24, 2.45) is 5.73 Å². The molecular weight excluding hydrogens is 226 g/mol. The Morgan fingerprint density at radius 3 is 2.50 bits per heavy atom. The van der Waals surface area contributed by atoms with Crippen molar-refractivity contribution in [2.75, 3.05) is 6.61 Å². The summed E-state index contributed by atoms with van der Waals surface area (Å²) in [6.07, 6.45) is -4.41. The summed E-state index contributed by atoms with van der Waals surface area (Å²) in [7, 11) is 0. The molecule has 1 aromatic carbocycles. The Morgan fingerprint density at radius 1 is 1.38 bits per heavy atom. The van der Waals surface area contributed by atoms with Crippen molar-refractivity contribution in [3.8, 4) is 5.75 Å². The summed E-state index contributed by atoms with van der Waals surface area (Å²) in [6, 6.07) is 2.73. The molecule has 0 aliphatic heterocycles. The first-order chi connectivity index (χ1) is 7.29. The van der Waals surface area contributed by atoms with Gasteiger partial charge >= 0.3 is 6.18 Å². The minimum absolute atomic E-state index is 0.0500. The second-order valence-electron chi connectivity index (χ2n) is 3.38. The van der Waals surface area contributed by atoms with Gasteiger partial charge in [-0.15, -0.1) is 0 Å². The van der Waals surface area contributed by atoms with Gasteiger partial charge in [-0.3, -0.25) is 0 Å². The number of hydrogen-bond donors (Lipinski definition) is 1. The third kappa shape index (κ3) is 3.69. The van der Waals surface area contributed by atoms with Crippen LogP contribution in [0.2, 0.25) is 0 Å². The summed E-state index contributed by atoms with van der Waals surface area (Å²) in [4.78, 5) is 0. The Bertz CT molecular complexity index is 362. The molecule has 1 aromatic rings. The Balaban J connectivity index is 2.79. The van der Waals surface area contributed by atoms with Crippen LogP contribution in [-0.2, 0) is 0 Å². The fourth-order valence-electron chi connectivity index (χ4n) is 1.13. The van der Waals surface area contributed by atoms with Gasteiger partial charge in [-0.2, -0.15) is 13.2 Å². The number of nitrogens with two attached hydrogens (primary N) is 1. The molecule has 1 atom stereocenters. The molecule has 0 heterocycles. The van der Waals surface area contributed by atoms with E-state index in [0.29, 0.717) is 0 Å². The van der Waals surface area contributed by atoms with Gasteiger partial charge in [0.25, 0.3) is 0 Å². The molecule has 16 heavy (non-hydrogen) atoms. The van der Waals surface area contributed by atoms with Crippen LogP contribution in [0.4, 0.5) is 17.6 Å². The van der Waals surface area contributed by atoms with Crippen molar-refractivity contribution >= 4 is 0 Å². The highest BCUT2D eigenvalue weighted by molar-refractivity contribution is 5.31. The highest BCUT2D eigenvalue weighted by Crippen LogP contribution is 2.23.